The second-order valence-corrected chi connectivity index (χ2v) is 9.88. The van der Waals surface area contributed by atoms with Gasteiger partial charge < -0.3 is 10.1 Å². The third-order valence-electron chi connectivity index (χ3n) is 7.04. The van der Waals surface area contributed by atoms with Crippen LogP contribution in [0.25, 0.3) is 11.1 Å². The molecule has 1 N–H and O–H groups in total. The van der Waals surface area contributed by atoms with E-state index in [1.54, 1.807) is 24.4 Å². The molecule has 1 aliphatic rings. The van der Waals surface area contributed by atoms with Crippen molar-refractivity contribution in [1.29, 1.82) is 0 Å². The summed E-state index contributed by atoms with van der Waals surface area (Å²) in [6.07, 6.45) is -1.32. The number of alkyl halides is 3. The van der Waals surface area contributed by atoms with E-state index < -0.39 is 11.7 Å². The minimum atomic E-state index is -4.35. The molecule has 206 valence electrons. The summed E-state index contributed by atoms with van der Waals surface area (Å²) in [5, 5.41) is 2.92. The average molecular weight is 546 g/mol. The van der Waals surface area contributed by atoms with E-state index in [1.807, 2.05) is 65.6 Å². The zero-order valence-corrected chi connectivity index (χ0v) is 21.9. The second kappa shape index (κ2) is 12.3. The minimum Gasteiger partial charge on any atom is -0.474 e. The zero-order valence-electron chi connectivity index (χ0n) is 21.9. The van der Waals surface area contributed by atoms with Gasteiger partial charge in [-0.25, -0.2) is 4.98 Å². The lowest BCUT2D eigenvalue weighted by molar-refractivity contribution is -0.138. The summed E-state index contributed by atoms with van der Waals surface area (Å²) < 4.78 is 45.9. The van der Waals surface area contributed by atoms with Crippen LogP contribution in [0.2, 0.25) is 0 Å². The first-order chi connectivity index (χ1) is 19.3. The molecule has 0 spiro atoms. The summed E-state index contributed by atoms with van der Waals surface area (Å²) in [5.41, 5.74) is 3.30. The van der Waals surface area contributed by atoms with Crippen LogP contribution < -0.4 is 10.1 Å². The van der Waals surface area contributed by atoms with Crippen molar-refractivity contribution in [2.45, 2.75) is 38.2 Å². The van der Waals surface area contributed by atoms with Gasteiger partial charge in [-0.05, 0) is 53.3 Å². The van der Waals surface area contributed by atoms with Crippen LogP contribution in [0.1, 0.15) is 39.9 Å². The maximum atomic E-state index is 13.3. The molecule has 40 heavy (non-hydrogen) atoms. The van der Waals surface area contributed by atoms with E-state index in [0.29, 0.717) is 49.5 Å². The van der Waals surface area contributed by atoms with Crippen molar-refractivity contribution in [1.82, 2.24) is 15.2 Å². The lowest BCUT2D eigenvalue weighted by Crippen LogP contribution is -2.38. The number of rotatable bonds is 8. The molecule has 2 heterocycles. The molecule has 5 nitrogen and oxygen atoms in total. The standard InChI is InChI=1S/C32H30F3N3O2/c33-32(34,35)29-9-5-4-8-27(29)22-38-18-16-28(17-19-38)40-30-15-10-23(20-36-30)21-37-31(39)26-13-11-25(12-14-26)24-6-2-1-3-7-24/h1-15,20,28H,16-19,21-22H2,(H,37,39). The fourth-order valence-electron chi connectivity index (χ4n) is 4.85. The van der Waals surface area contributed by atoms with Crippen LogP contribution in [0.4, 0.5) is 13.2 Å². The summed E-state index contributed by atoms with van der Waals surface area (Å²) in [6.45, 7) is 1.89. The highest BCUT2D eigenvalue weighted by Crippen LogP contribution is 2.33. The minimum absolute atomic E-state index is 0.0500. The number of hydrogen-bond acceptors (Lipinski definition) is 4. The fraction of sp³-hybridized carbons (Fsp3) is 0.250. The Kier molecular flexibility index (Phi) is 8.45. The van der Waals surface area contributed by atoms with Gasteiger partial charge in [0.1, 0.15) is 6.10 Å². The highest BCUT2D eigenvalue weighted by atomic mass is 19.4. The molecule has 0 saturated carbocycles. The number of aromatic nitrogens is 1. The van der Waals surface area contributed by atoms with Gasteiger partial charge in [0.05, 0.1) is 5.56 Å². The topological polar surface area (TPSA) is 54.5 Å². The number of likely N-dealkylation sites (tertiary alicyclic amines) is 1. The van der Waals surface area contributed by atoms with Gasteiger partial charge in [0.25, 0.3) is 5.91 Å². The summed E-state index contributed by atoms with van der Waals surface area (Å²) >= 11 is 0. The largest absolute Gasteiger partial charge is 0.474 e. The van der Waals surface area contributed by atoms with Gasteiger partial charge in [-0.1, -0.05) is 66.7 Å². The van der Waals surface area contributed by atoms with Gasteiger partial charge in [-0.15, -0.1) is 0 Å². The van der Waals surface area contributed by atoms with Crippen molar-refractivity contribution in [2.24, 2.45) is 0 Å². The van der Waals surface area contributed by atoms with Gasteiger partial charge in [-0.3, -0.25) is 9.69 Å². The van der Waals surface area contributed by atoms with Gasteiger partial charge in [0.2, 0.25) is 5.88 Å². The predicted octanol–water partition coefficient (Wildman–Crippen LogP) is 6.74. The van der Waals surface area contributed by atoms with E-state index >= 15 is 0 Å². The Morgan fingerprint density at radius 2 is 1.55 bits per heavy atom. The average Bonchev–Trinajstić information content (AvgIpc) is 2.98. The zero-order chi connectivity index (χ0) is 28.0. The molecule has 4 aromatic rings. The number of halogens is 3. The molecule has 1 aliphatic heterocycles. The number of nitrogens with one attached hydrogen (secondary N) is 1. The van der Waals surface area contributed by atoms with Crippen LogP contribution in [0, 0.1) is 0 Å². The van der Waals surface area contributed by atoms with Crippen LogP contribution in [0.3, 0.4) is 0 Å². The fourth-order valence-corrected chi connectivity index (χ4v) is 4.85. The molecule has 8 heteroatoms. The maximum absolute atomic E-state index is 13.3. The number of amides is 1. The molecule has 0 atom stereocenters. The highest BCUT2D eigenvalue weighted by molar-refractivity contribution is 5.94. The molecule has 1 amide bonds. The first-order valence-corrected chi connectivity index (χ1v) is 13.3. The third-order valence-corrected chi connectivity index (χ3v) is 7.04. The molecule has 1 saturated heterocycles. The Labute approximate surface area is 231 Å². The third kappa shape index (κ3) is 7.07. The normalized spacial score (nSPS) is 14.6. The Balaban J connectivity index is 1.07. The van der Waals surface area contributed by atoms with Crippen LogP contribution in [0.5, 0.6) is 5.88 Å². The van der Waals surface area contributed by atoms with Crippen molar-refractivity contribution in [3.63, 3.8) is 0 Å². The number of piperidine rings is 1. The summed E-state index contributed by atoms with van der Waals surface area (Å²) in [5.74, 6) is 0.331. The van der Waals surface area contributed by atoms with E-state index in [2.05, 4.69) is 10.3 Å². The molecule has 5 rings (SSSR count). The number of ether oxygens (including phenoxy) is 1. The quantitative estimate of drug-likeness (QED) is 0.266. The van der Waals surface area contributed by atoms with Gasteiger partial charge in [-0.2, -0.15) is 13.2 Å². The monoisotopic (exact) mass is 545 g/mol. The summed E-state index contributed by atoms with van der Waals surface area (Å²) in [4.78, 5) is 19.0. The molecular formula is C32H30F3N3O2. The molecule has 1 fully saturated rings. The van der Waals surface area contributed by atoms with E-state index in [1.165, 1.54) is 6.07 Å². The Bertz CT molecular complexity index is 1400. The smallest absolute Gasteiger partial charge is 0.416 e. The molecule has 1 aromatic heterocycles. The lowest BCUT2D eigenvalue weighted by Gasteiger charge is -2.32. The summed E-state index contributed by atoms with van der Waals surface area (Å²) in [7, 11) is 0. The van der Waals surface area contributed by atoms with E-state index in [4.69, 9.17) is 4.74 Å². The lowest BCUT2D eigenvalue weighted by atomic mass is 10.0. The van der Waals surface area contributed by atoms with Crippen molar-refractivity contribution in [3.8, 4) is 17.0 Å². The van der Waals surface area contributed by atoms with E-state index in [9.17, 15) is 18.0 Å². The van der Waals surface area contributed by atoms with E-state index in [-0.39, 0.29) is 18.6 Å². The molecule has 0 radical (unpaired) electrons. The molecule has 3 aromatic carbocycles. The SMILES string of the molecule is O=C(NCc1ccc(OC2CCN(Cc3ccccc3C(F)(F)F)CC2)nc1)c1ccc(-c2ccccc2)cc1. The van der Waals surface area contributed by atoms with Crippen LogP contribution in [-0.2, 0) is 19.3 Å². The Morgan fingerprint density at radius 1 is 0.875 bits per heavy atom. The predicted molar refractivity (Wildman–Crippen MR) is 148 cm³/mol. The van der Waals surface area contributed by atoms with Crippen LogP contribution in [-0.4, -0.2) is 35.0 Å². The van der Waals surface area contributed by atoms with Gasteiger partial charge in [0.15, 0.2) is 0 Å². The number of carbonyl (C=O) groups is 1. The Hall–Kier alpha value is -4.17. The Morgan fingerprint density at radius 3 is 2.23 bits per heavy atom. The second-order valence-electron chi connectivity index (χ2n) is 9.88. The molecule has 0 unspecified atom stereocenters. The van der Waals surface area contributed by atoms with E-state index in [0.717, 1.165) is 22.8 Å². The number of carbonyl (C=O) groups excluding carboxylic acids is 1. The van der Waals surface area contributed by atoms with Crippen molar-refractivity contribution in [3.05, 3.63) is 119 Å². The number of nitrogens with zero attached hydrogens (tertiary/aromatic N) is 2. The first-order valence-electron chi connectivity index (χ1n) is 13.3. The first kappa shape index (κ1) is 27.4. The van der Waals surface area contributed by atoms with Crippen LogP contribution >= 0.6 is 0 Å². The van der Waals surface area contributed by atoms with Gasteiger partial charge >= 0.3 is 6.18 Å². The molecule has 0 bridgehead atoms. The summed E-state index contributed by atoms with van der Waals surface area (Å²) in [6, 6.07) is 26.9. The van der Waals surface area contributed by atoms with Crippen molar-refractivity contribution >= 4 is 5.91 Å². The number of pyridine rings is 1. The van der Waals surface area contributed by atoms with Crippen LogP contribution in [0.15, 0.2) is 97.2 Å². The van der Waals surface area contributed by atoms with Crippen molar-refractivity contribution in [2.75, 3.05) is 13.1 Å². The van der Waals surface area contributed by atoms with Gasteiger partial charge in [0, 0.05) is 44.0 Å². The van der Waals surface area contributed by atoms with Crippen molar-refractivity contribution < 1.29 is 22.7 Å². The molecular weight excluding hydrogens is 515 g/mol. The molecule has 0 aliphatic carbocycles. The number of benzene rings is 3. The number of hydrogen-bond donors (Lipinski definition) is 1. The highest BCUT2D eigenvalue weighted by Gasteiger charge is 2.33. The maximum Gasteiger partial charge on any atom is 0.416 e.